The van der Waals surface area contributed by atoms with Gasteiger partial charge in [-0.25, -0.2) is 0 Å². The average molecular weight is 292 g/mol. The summed E-state index contributed by atoms with van der Waals surface area (Å²) in [5.41, 5.74) is 0.776. The third-order valence-corrected chi connectivity index (χ3v) is 3.40. The number of benzene rings is 1. The van der Waals surface area contributed by atoms with Crippen molar-refractivity contribution in [3.8, 4) is 11.4 Å². The van der Waals surface area contributed by atoms with Crippen molar-refractivity contribution in [2.45, 2.75) is 31.8 Å². The Morgan fingerprint density at radius 3 is 3.00 bits per heavy atom. The highest BCUT2D eigenvalue weighted by molar-refractivity contribution is 6.30. The van der Waals surface area contributed by atoms with Crippen molar-refractivity contribution in [1.29, 1.82) is 0 Å². The van der Waals surface area contributed by atoms with E-state index < -0.39 is 6.04 Å². The number of tetrazole rings is 1. The first-order chi connectivity index (χ1) is 9.63. The van der Waals surface area contributed by atoms with Crippen molar-refractivity contribution in [3.63, 3.8) is 0 Å². The Labute approximate surface area is 121 Å². The molecule has 20 heavy (non-hydrogen) atoms. The van der Waals surface area contributed by atoms with E-state index in [1.807, 2.05) is 12.1 Å². The summed E-state index contributed by atoms with van der Waals surface area (Å²) < 4.78 is 0. The zero-order valence-electron chi connectivity index (χ0n) is 11.0. The molecular formula is C13H14ClN5O. The third-order valence-electron chi connectivity index (χ3n) is 3.16. The van der Waals surface area contributed by atoms with Crippen LogP contribution in [0.3, 0.4) is 0 Å². The van der Waals surface area contributed by atoms with Gasteiger partial charge < -0.3 is 5.32 Å². The molecule has 0 bridgehead atoms. The minimum Gasteiger partial charge on any atom is -0.351 e. The van der Waals surface area contributed by atoms with E-state index in [9.17, 15) is 4.79 Å². The molecule has 3 rings (SSSR count). The molecule has 1 fully saturated rings. The van der Waals surface area contributed by atoms with Crippen LogP contribution in [0.4, 0.5) is 0 Å². The monoisotopic (exact) mass is 291 g/mol. The average Bonchev–Trinajstić information content (AvgIpc) is 3.11. The second-order valence-corrected chi connectivity index (χ2v) is 5.34. The molecule has 2 aromatic rings. The molecular weight excluding hydrogens is 278 g/mol. The molecule has 0 saturated heterocycles. The summed E-state index contributed by atoms with van der Waals surface area (Å²) in [7, 11) is 0. The molecule has 1 unspecified atom stereocenters. The normalized spacial score (nSPS) is 15.9. The highest BCUT2D eigenvalue weighted by Crippen LogP contribution is 2.21. The maximum atomic E-state index is 11.9. The van der Waals surface area contributed by atoms with Crippen LogP contribution < -0.4 is 5.32 Å². The highest BCUT2D eigenvalue weighted by Gasteiger charge is 2.27. The lowest BCUT2D eigenvalue weighted by molar-refractivity contribution is -0.124. The van der Waals surface area contributed by atoms with E-state index in [-0.39, 0.29) is 5.91 Å². The number of carbonyl (C=O) groups is 1. The van der Waals surface area contributed by atoms with E-state index in [2.05, 4.69) is 20.7 Å². The number of amides is 1. The maximum Gasteiger partial charge on any atom is 0.246 e. The molecule has 1 saturated carbocycles. The summed E-state index contributed by atoms with van der Waals surface area (Å²) in [5, 5.41) is 15.7. The summed E-state index contributed by atoms with van der Waals surface area (Å²) in [6, 6.07) is 7.06. The lowest BCUT2D eigenvalue weighted by Crippen LogP contribution is -2.33. The first-order valence-electron chi connectivity index (χ1n) is 6.49. The van der Waals surface area contributed by atoms with Crippen LogP contribution in [0.2, 0.25) is 5.02 Å². The van der Waals surface area contributed by atoms with Gasteiger partial charge in [0.25, 0.3) is 0 Å². The number of hydrogen-bond donors (Lipinski definition) is 1. The molecule has 1 aliphatic carbocycles. The van der Waals surface area contributed by atoms with Crippen molar-refractivity contribution in [1.82, 2.24) is 25.5 Å². The van der Waals surface area contributed by atoms with Gasteiger partial charge in [0.1, 0.15) is 6.04 Å². The van der Waals surface area contributed by atoms with Crippen LogP contribution in [-0.4, -0.2) is 32.2 Å². The van der Waals surface area contributed by atoms with Crippen LogP contribution in [-0.2, 0) is 4.79 Å². The predicted octanol–water partition coefficient (Wildman–Crippen LogP) is 1.83. The molecule has 6 nitrogen and oxygen atoms in total. The van der Waals surface area contributed by atoms with Gasteiger partial charge in [0, 0.05) is 16.6 Å². The largest absolute Gasteiger partial charge is 0.351 e. The van der Waals surface area contributed by atoms with Crippen LogP contribution in [0.1, 0.15) is 25.8 Å². The zero-order chi connectivity index (χ0) is 14.1. The van der Waals surface area contributed by atoms with Crippen molar-refractivity contribution < 1.29 is 4.79 Å². The third kappa shape index (κ3) is 2.80. The Kier molecular flexibility index (Phi) is 3.40. The fourth-order valence-electron chi connectivity index (χ4n) is 1.79. The molecule has 0 aliphatic heterocycles. The molecule has 0 radical (unpaired) electrons. The molecule has 1 aromatic heterocycles. The number of carbonyl (C=O) groups excluding carboxylic acids is 1. The summed E-state index contributed by atoms with van der Waals surface area (Å²) in [5.74, 6) is 0.376. The van der Waals surface area contributed by atoms with Gasteiger partial charge in [0.15, 0.2) is 0 Å². The van der Waals surface area contributed by atoms with Crippen LogP contribution in [0.25, 0.3) is 11.4 Å². The lowest BCUT2D eigenvalue weighted by Gasteiger charge is -2.09. The topological polar surface area (TPSA) is 72.7 Å². The van der Waals surface area contributed by atoms with E-state index in [1.54, 1.807) is 19.1 Å². The van der Waals surface area contributed by atoms with Crippen molar-refractivity contribution in [2.24, 2.45) is 0 Å². The minimum atomic E-state index is -0.476. The van der Waals surface area contributed by atoms with Crippen LogP contribution in [0, 0.1) is 0 Å². The maximum absolute atomic E-state index is 11.9. The SMILES string of the molecule is CC(C(=O)NC1CC1)n1nnc(-c2cccc(Cl)c2)n1. The number of nitrogens with one attached hydrogen (secondary N) is 1. The fraction of sp³-hybridized carbons (Fsp3) is 0.385. The number of aromatic nitrogens is 4. The Bertz CT molecular complexity index is 637. The Hall–Kier alpha value is -1.95. The van der Waals surface area contributed by atoms with Gasteiger partial charge in [0.2, 0.25) is 11.7 Å². The molecule has 1 amide bonds. The van der Waals surface area contributed by atoms with E-state index in [4.69, 9.17) is 11.6 Å². The van der Waals surface area contributed by atoms with Crippen molar-refractivity contribution >= 4 is 17.5 Å². The quantitative estimate of drug-likeness (QED) is 0.933. The number of rotatable bonds is 4. The Balaban J connectivity index is 1.77. The fourth-order valence-corrected chi connectivity index (χ4v) is 1.98. The molecule has 104 valence electrons. The molecule has 1 atom stereocenters. The first-order valence-corrected chi connectivity index (χ1v) is 6.87. The Morgan fingerprint density at radius 2 is 2.30 bits per heavy atom. The van der Waals surface area contributed by atoms with E-state index >= 15 is 0 Å². The second-order valence-electron chi connectivity index (χ2n) is 4.90. The van der Waals surface area contributed by atoms with Gasteiger partial charge in [-0.2, -0.15) is 4.80 Å². The van der Waals surface area contributed by atoms with Crippen LogP contribution in [0.15, 0.2) is 24.3 Å². The van der Waals surface area contributed by atoms with E-state index in [0.29, 0.717) is 16.9 Å². The molecule has 1 heterocycles. The number of hydrogen-bond acceptors (Lipinski definition) is 4. The van der Waals surface area contributed by atoms with E-state index in [1.165, 1.54) is 4.80 Å². The van der Waals surface area contributed by atoms with Gasteiger partial charge in [0.05, 0.1) is 0 Å². The molecule has 1 N–H and O–H groups in total. The van der Waals surface area contributed by atoms with Crippen molar-refractivity contribution in [3.05, 3.63) is 29.3 Å². The smallest absolute Gasteiger partial charge is 0.246 e. The van der Waals surface area contributed by atoms with Gasteiger partial charge in [-0.3, -0.25) is 4.79 Å². The highest BCUT2D eigenvalue weighted by atomic mass is 35.5. The van der Waals surface area contributed by atoms with Crippen molar-refractivity contribution in [2.75, 3.05) is 0 Å². The lowest BCUT2D eigenvalue weighted by atomic mass is 10.2. The first kappa shape index (κ1) is 13.1. The van der Waals surface area contributed by atoms with Gasteiger partial charge >= 0.3 is 0 Å². The predicted molar refractivity (Wildman–Crippen MR) is 74.1 cm³/mol. The molecule has 0 spiro atoms. The van der Waals surface area contributed by atoms with Crippen LogP contribution in [0.5, 0.6) is 0 Å². The molecule has 7 heteroatoms. The Morgan fingerprint density at radius 1 is 1.50 bits per heavy atom. The standard InChI is InChI=1S/C13H14ClN5O/c1-8(13(20)15-11-5-6-11)19-17-12(16-18-19)9-3-2-4-10(14)7-9/h2-4,7-8,11H,5-6H2,1H3,(H,15,20). The van der Waals surface area contributed by atoms with Gasteiger partial charge in [-0.15, -0.1) is 10.2 Å². The van der Waals surface area contributed by atoms with Gasteiger partial charge in [-0.1, -0.05) is 23.7 Å². The second kappa shape index (κ2) is 5.20. The number of nitrogens with zero attached hydrogens (tertiary/aromatic N) is 4. The molecule has 1 aromatic carbocycles. The number of halogens is 1. The minimum absolute atomic E-state index is 0.0810. The van der Waals surface area contributed by atoms with Gasteiger partial charge in [-0.05, 0) is 37.1 Å². The summed E-state index contributed by atoms with van der Waals surface area (Å²) in [6.07, 6.45) is 2.11. The zero-order valence-corrected chi connectivity index (χ0v) is 11.7. The molecule has 1 aliphatic rings. The summed E-state index contributed by atoms with van der Waals surface area (Å²) in [4.78, 5) is 13.3. The summed E-state index contributed by atoms with van der Waals surface area (Å²) in [6.45, 7) is 1.75. The van der Waals surface area contributed by atoms with Crippen LogP contribution >= 0.6 is 11.6 Å². The summed E-state index contributed by atoms with van der Waals surface area (Å²) >= 11 is 5.93. The van der Waals surface area contributed by atoms with E-state index in [0.717, 1.165) is 18.4 Å².